The van der Waals surface area contributed by atoms with Gasteiger partial charge in [0.05, 0.1) is 11.1 Å². The first-order valence-electron chi connectivity index (χ1n) is 6.29. The van der Waals surface area contributed by atoms with Crippen molar-refractivity contribution in [3.8, 4) is 0 Å². The van der Waals surface area contributed by atoms with Crippen LogP contribution in [-0.2, 0) is 0 Å². The van der Waals surface area contributed by atoms with Crippen LogP contribution in [0.25, 0.3) is 0 Å². The zero-order chi connectivity index (χ0) is 15.0. The molecule has 1 amide bonds. The topological polar surface area (TPSA) is 57.6 Å². The Bertz CT molecular complexity index is 574. The minimum Gasteiger partial charge on any atom is -0.478 e. The Morgan fingerprint density at radius 3 is 2.25 bits per heavy atom. The highest BCUT2D eigenvalue weighted by atomic mass is 19.2. The molecule has 1 aliphatic carbocycles. The van der Waals surface area contributed by atoms with Crippen LogP contribution < -0.4 is 0 Å². The number of carboxylic acids is 1. The van der Waals surface area contributed by atoms with Crippen LogP contribution in [0.4, 0.5) is 8.78 Å². The molecule has 6 heteroatoms. The van der Waals surface area contributed by atoms with E-state index >= 15 is 0 Å². The van der Waals surface area contributed by atoms with Gasteiger partial charge in [-0.3, -0.25) is 4.79 Å². The molecule has 0 spiro atoms. The standard InChI is InChI=1S/C14H15F2NO3/c1-7-3-8(7)6-17(2)13(18)9-4-11(15)12(16)5-10(9)14(19)20/h4-5,7-8H,3,6H2,1-2H3,(H,19,20). The molecule has 20 heavy (non-hydrogen) atoms. The molecule has 1 fully saturated rings. The number of aromatic carboxylic acids is 1. The predicted octanol–water partition coefficient (Wildman–Crippen LogP) is 2.39. The van der Waals surface area contributed by atoms with Crippen LogP contribution in [0.2, 0.25) is 0 Å². The third-order valence-corrected chi connectivity index (χ3v) is 3.65. The van der Waals surface area contributed by atoms with Crippen molar-refractivity contribution in [2.45, 2.75) is 13.3 Å². The first-order valence-corrected chi connectivity index (χ1v) is 6.29. The van der Waals surface area contributed by atoms with Gasteiger partial charge in [0.2, 0.25) is 0 Å². The number of amides is 1. The fraction of sp³-hybridized carbons (Fsp3) is 0.429. The van der Waals surface area contributed by atoms with Crippen molar-refractivity contribution < 1.29 is 23.5 Å². The SMILES string of the molecule is CC1CC1CN(C)C(=O)c1cc(F)c(F)cc1C(=O)O. The quantitative estimate of drug-likeness (QED) is 0.923. The molecule has 0 saturated heterocycles. The number of hydrogen-bond donors (Lipinski definition) is 1. The number of carbonyl (C=O) groups is 2. The van der Waals surface area contributed by atoms with Gasteiger partial charge in [0, 0.05) is 13.6 Å². The average Bonchev–Trinajstić information content (AvgIpc) is 3.06. The second kappa shape index (κ2) is 5.19. The number of carboxylic acid groups (broad SMARTS) is 1. The van der Waals surface area contributed by atoms with E-state index in [1.54, 1.807) is 0 Å². The summed E-state index contributed by atoms with van der Waals surface area (Å²) in [5.41, 5.74) is -0.850. The van der Waals surface area contributed by atoms with Gasteiger partial charge in [0.15, 0.2) is 11.6 Å². The van der Waals surface area contributed by atoms with Crippen molar-refractivity contribution >= 4 is 11.9 Å². The second-order valence-corrected chi connectivity index (χ2v) is 5.28. The van der Waals surface area contributed by atoms with Gasteiger partial charge in [-0.25, -0.2) is 13.6 Å². The maximum absolute atomic E-state index is 13.2. The molecule has 1 aromatic carbocycles. The summed E-state index contributed by atoms with van der Waals surface area (Å²) in [4.78, 5) is 24.6. The number of nitrogens with zero attached hydrogens (tertiary/aromatic N) is 1. The zero-order valence-electron chi connectivity index (χ0n) is 11.2. The minimum absolute atomic E-state index is 0.327. The van der Waals surface area contributed by atoms with Gasteiger partial charge in [-0.2, -0.15) is 0 Å². The lowest BCUT2D eigenvalue weighted by molar-refractivity contribution is 0.0679. The monoisotopic (exact) mass is 283 g/mol. The van der Waals surface area contributed by atoms with Crippen molar-refractivity contribution in [1.82, 2.24) is 4.90 Å². The van der Waals surface area contributed by atoms with E-state index in [0.29, 0.717) is 30.5 Å². The Hall–Kier alpha value is -1.98. The summed E-state index contributed by atoms with van der Waals surface area (Å²) in [6.45, 7) is 2.54. The number of benzene rings is 1. The molecule has 4 nitrogen and oxygen atoms in total. The Morgan fingerprint density at radius 1 is 1.30 bits per heavy atom. The fourth-order valence-corrected chi connectivity index (χ4v) is 2.19. The van der Waals surface area contributed by atoms with Crippen LogP contribution in [0, 0.1) is 23.5 Å². The number of rotatable bonds is 4. The molecule has 1 N–H and O–H groups in total. The number of halogens is 2. The third kappa shape index (κ3) is 2.79. The molecule has 2 atom stereocenters. The van der Waals surface area contributed by atoms with Gasteiger partial charge >= 0.3 is 5.97 Å². The Kier molecular flexibility index (Phi) is 3.74. The summed E-state index contributed by atoms with van der Waals surface area (Å²) in [6, 6.07) is 1.19. The van der Waals surface area contributed by atoms with Crippen LogP contribution >= 0.6 is 0 Å². The highest BCUT2D eigenvalue weighted by Crippen LogP contribution is 2.38. The first kappa shape index (κ1) is 14.4. The van der Waals surface area contributed by atoms with E-state index < -0.39 is 29.1 Å². The van der Waals surface area contributed by atoms with Crippen molar-refractivity contribution in [2.24, 2.45) is 11.8 Å². The molecule has 1 aliphatic rings. The molecule has 0 aromatic heterocycles. The minimum atomic E-state index is -1.46. The van der Waals surface area contributed by atoms with E-state index in [0.717, 1.165) is 6.42 Å². The van der Waals surface area contributed by atoms with Crippen LogP contribution in [0.5, 0.6) is 0 Å². The van der Waals surface area contributed by atoms with Gasteiger partial charge in [0.1, 0.15) is 0 Å². The molecule has 1 aromatic rings. The van der Waals surface area contributed by atoms with Crippen LogP contribution in [0.15, 0.2) is 12.1 Å². The van der Waals surface area contributed by atoms with Crippen LogP contribution in [-0.4, -0.2) is 35.5 Å². The fourth-order valence-electron chi connectivity index (χ4n) is 2.19. The van der Waals surface area contributed by atoms with Gasteiger partial charge in [-0.15, -0.1) is 0 Å². The molecule has 2 rings (SSSR count). The van der Waals surface area contributed by atoms with E-state index in [-0.39, 0.29) is 5.56 Å². The van der Waals surface area contributed by atoms with Crippen molar-refractivity contribution in [3.63, 3.8) is 0 Å². The molecule has 0 aliphatic heterocycles. The van der Waals surface area contributed by atoms with E-state index in [1.807, 2.05) is 0 Å². The molecule has 0 radical (unpaired) electrons. The lowest BCUT2D eigenvalue weighted by atomic mass is 10.1. The highest BCUT2D eigenvalue weighted by molar-refractivity contribution is 6.04. The van der Waals surface area contributed by atoms with Gasteiger partial charge < -0.3 is 10.0 Å². The zero-order valence-corrected chi connectivity index (χ0v) is 11.2. The van der Waals surface area contributed by atoms with Crippen molar-refractivity contribution in [2.75, 3.05) is 13.6 Å². The van der Waals surface area contributed by atoms with Crippen LogP contribution in [0.1, 0.15) is 34.1 Å². The lowest BCUT2D eigenvalue weighted by Gasteiger charge is -2.18. The molecule has 0 heterocycles. The van der Waals surface area contributed by atoms with E-state index in [9.17, 15) is 18.4 Å². The average molecular weight is 283 g/mol. The Labute approximate surface area is 115 Å². The van der Waals surface area contributed by atoms with Crippen molar-refractivity contribution in [3.05, 3.63) is 34.9 Å². The molecule has 2 unspecified atom stereocenters. The second-order valence-electron chi connectivity index (χ2n) is 5.28. The molecular formula is C14H15F2NO3. The summed E-state index contributed by atoms with van der Waals surface area (Å²) < 4.78 is 26.3. The normalized spacial score (nSPS) is 20.6. The van der Waals surface area contributed by atoms with E-state index in [1.165, 1.54) is 11.9 Å². The van der Waals surface area contributed by atoms with Crippen LogP contribution in [0.3, 0.4) is 0 Å². The highest BCUT2D eigenvalue weighted by Gasteiger charge is 2.35. The molecule has 1 saturated carbocycles. The summed E-state index contributed by atoms with van der Waals surface area (Å²) in [5, 5.41) is 8.99. The summed E-state index contributed by atoms with van der Waals surface area (Å²) in [7, 11) is 1.53. The van der Waals surface area contributed by atoms with Crippen molar-refractivity contribution in [1.29, 1.82) is 0 Å². The van der Waals surface area contributed by atoms with Gasteiger partial charge in [-0.05, 0) is 30.4 Å². The largest absolute Gasteiger partial charge is 0.478 e. The maximum Gasteiger partial charge on any atom is 0.336 e. The number of carbonyl (C=O) groups excluding carboxylic acids is 1. The Balaban J connectivity index is 2.28. The molecule has 108 valence electrons. The summed E-state index contributed by atoms with van der Waals surface area (Å²) in [6.07, 6.45) is 1.02. The summed E-state index contributed by atoms with van der Waals surface area (Å²) in [5.74, 6) is -3.65. The maximum atomic E-state index is 13.2. The number of hydrogen-bond acceptors (Lipinski definition) is 2. The predicted molar refractivity (Wildman–Crippen MR) is 67.5 cm³/mol. The van der Waals surface area contributed by atoms with E-state index in [2.05, 4.69) is 6.92 Å². The van der Waals surface area contributed by atoms with Gasteiger partial charge in [-0.1, -0.05) is 6.92 Å². The lowest BCUT2D eigenvalue weighted by Crippen LogP contribution is -2.30. The van der Waals surface area contributed by atoms with Gasteiger partial charge in [0.25, 0.3) is 5.91 Å². The van der Waals surface area contributed by atoms with E-state index in [4.69, 9.17) is 5.11 Å². The first-order chi connectivity index (χ1) is 9.31. The molecular weight excluding hydrogens is 268 g/mol. The smallest absolute Gasteiger partial charge is 0.336 e. The summed E-state index contributed by atoms with van der Waals surface area (Å²) >= 11 is 0. The Morgan fingerprint density at radius 2 is 1.80 bits per heavy atom. The molecule has 0 bridgehead atoms. The third-order valence-electron chi connectivity index (χ3n) is 3.65.